The molecule has 1 aromatic carbocycles. The van der Waals surface area contributed by atoms with Crippen molar-refractivity contribution in [1.29, 1.82) is 0 Å². The number of pyridine rings is 1. The van der Waals surface area contributed by atoms with Gasteiger partial charge in [0.2, 0.25) is 23.5 Å². The minimum atomic E-state index is -0.361. The molecule has 3 heterocycles. The number of hydrogen-bond acceptors (Lipinski definition) is 6. The summed E-state index contributed by atoms with van der Waals surface area (Å²) < 4.78 is 11.2. The van der Waals surface area contributed by atoms with Crippen LogP contribution in [0.5, 0.6) is 5.88 Å². The highest BCUT2D eigenvalue weighted by molar-refractivity contribution is 5.77. The second-order valence-electron chi connectivity index (χ2n) is 6.90. The molecule has 1 amide bonds. The predicted molar refractivity (Wildman–Crippen MR) is 97.9 cm³/mol. The van der Waals surface area contributed by atoms with Crippen LogP contribution in [0.15, 0.2) is 53.1 Å². The molecule has 4 rings (SSSR count). The molecule has 138 valence electrons. The maximum atomic E-state index is 11.4. The third-order valence-electron chi connectivity index (χ3n) is 4.70. The van der Waals surface area contributed by atoms with E-state index in [-0.39, 0.29) is 11.3 Å². The fourth-order valence-corrected chi connectivity index (χ4v) is 2.97. The van der Waals surface area contributed by atoms with Crippen LogP contribution in [-0.2, 0) is 16.8 Å². The van der Waals surface area contributed by atoms with Gasteiger partial charge in [-0.25, -0.2) is 4.98 Å². The summed E-state index contributed by atoms with van der Waals surface area (Å²) in [5.41, 5.74) is 1.29. The van der Waals surface area contributed by atoms with Crippen LogP contribution in [0, 0.1) is 0 Å². The fraction of sp³-hybridized carbons (Fsp3) is 0.300. The lowest BCUT2D eigenvalue weighted by atomic mass is 9.82. The highest BCUT2D eigenvalue weighted by Crippen LogP contribution is 2.31. The zero-order valence-electron chi connectivity index (χ0n) is 15.0. The molecule has 0 bridgehead atoms. The lowest BCUT2D eigenvalue weighted by Gasteiger charge is -2.29. The smallest absolute Gasteiger partial charge is 0.234 e. The van der Waals surface area contributed by atoms with Crippen molar-refractivity contribution in [2.45, 2.75) is 31.8 Å². The normalized spacial score (nSPS) is 19.5. The number of nitrogens with one attached hydrogen (secondary N) is 1. The number of carbonyl (C=O) groups is 1. The van der Waals surface area contributed by atoms with E-state index < -0.39 is 0 Å². The highest BCUT2D eigenvalue weighted by atomic mass is 16.5. The molecule has 0 aliphatic carbocycles. The Morgan fingerprint density at radius 1 is 1.15 bits per heavy atom. The van der Waals surface area contributed by atoms with Gasteiger partial charge in [-0.15, -0.1) is 0 Å². The van der Waals surface area contributed by atoms with Crippen molar-refractivity contribution in [3.8, 4) is 17.4 Å². The molecule has 1 N–H and O–H groups in total. The molecule has 1 aliphatic heterocycles. The van der Waals surface area contributed by atoms with E-state index in [1.54, 1.807) is 6.07 Å². The average Bonchev–Trinajstić information content (AvgIpc) is 3.21. The standard InChI is InChI=1S/C20H20N4O3/c1-20(11-10-16(25)21-13-20)19-23-18(24-27-19)15-8-5-9-17(22-15)26-12-14-6-3-2-4-7-14/h2-9H,10-13H2,1H3,(H,21,25). The third-order valence-corrected chi connectivity index (χ3v) is 4.70. The number of nitrogens with zero attached hydrogens (tertiary/aromatic N) is 3. The highest BCUT2D eigenvalue weighted by Gasteiger charge is 2.37. The zero-order valence-corrected chi connectivity index (χ0v) is 15.0. The topological polar surface area (TPSA) is 90.1 Å². The first-order chi connectivity index (χ1) is 13.1. The molecule has 1 atom stereocenters. The SMILES string of the molecule is CC1(c2nc(-c3cccc(OCc4ccccc4)n3)no2)CCC(=O)NC1. The molecule has 7 heteroatoms. The van der Waals surface area contributed by atoms with Crippen molar-refractivity contribution in [2.75, 3.05) is 6.54 Å². The van der Waals surface area contributed by atoms with Gasteiger partial charge in [-0.3, -0.25) is 4.79 Å². The Bertz CT molecular complexity index is 929. The van der Waals surface area contributed by atoms with E-state index in [0.717, 1.165) is 5.56 Å². The summed E-state index contributed by atoms with van der Waals surface area (Å²) in [5.74, 6) is 1.47. The van der Waals surface area contributed by atoms with Crippen LogP contribution < -0.4 is 10.1 Å². The Hall–Kier alpha value is -3.22. The molecule has 0 saturated carbocycles. The Morgan fingerprint density at radius 3 is 2.78 bits per heavy atom. The summed E-state index contributed by atoms with van der Waals surface area (Å²) in [5, 5.41) is 6.93. The Labute approximate surface area is 156 Å². The first-order valence-electron chi connectivity index (χ1n) is 8.87. The molecule has 1 unspecified atom stereocenters. The summed E-state index contributed by atoms with van der Waals surface area (Å²) in [6.07, 6.45) is 1.13. The summed E-state index contributed by atoms with van der Waals surface area (Å²) in [4.78, 5) is 20.4. The first kappa shape index (κ1) is 17.2. The summed E-state index contributed by atoms with van der Waals surface area (Å²) in [6.45, 7) is 2.93. The molecule has 1 saturated heterocycles. The molecule has 3 aromatic rings. The van der Waals surface area contributed by atoms with E-state index in [2.05, 4.69) is 20.4 Å². The zero-order chi connectivity index (χ0) is 18.7. The van der Waals surface area contributed by atoms with E-state index in [4.69, 9.17) is 9.26 Å². The molecular formula is C20H20N4O3. The number of rotatable bonds is 5. The molecular weight excluding hydrogens is 344 g/mol. The van der Waals surface area contributed by atoms with Gasteiger partial charge in [0.1, 0.15) is 12.3 Å². The largest absolute Gasteiger partial charge is 0.473 e. The van der Waals surface area contributed by atoms with E-state index in [9.17, 15) is 4.79 Å². The number of ether oxygens (including phenoxy) is 1. The first-order valence-corrected chi connectivity index (χ1v) is 8.87. The van der Waals surface area contributed by atoms with Crippen molar-refractivity contribution in [1.82, 2.24) is 20.4 Å². The summed E-state index contributed by atoms with van der Waals surface area (Å²) >= 11 is 0. The molecule has 0 spiro atoms. The van der Waals surface area contributed by atoms with Crippen LogP contribution >= 0.6 is 0 Å². The second kappa shape index (κ2) is 7.19. The van der Waals surface area contributed by atoms with Crippen molar-refractivity contribution in [3.05, 3.63) is 60.0 Å². The molecule has 7 nitrogen and oxygen atoms in total. The van der Waals surface area contributed by atoms with Crippen molar-refractivity contribution in [3.63, 3.8) is 0 Å². The minimum absolute atomic E-state index is 0.0529. The monoisotopic (exact) mass is 364 g/mol. The van der Waals surface area contributed by atoms with Crippen LogP contribution in [0.2, 0.25) is 0 Å². The summed E-state index contributed by atoms with van der Waals surface area (Å²) in [6, 6.07) is 15.4. The maximum Gasteiger partial charge on any atom is 0.234 e. The van der Waals surface area contributed by atoms with Crippen molar-refractivity contribution >= 4 is 5.91 Å². The van der Waals surface area contributed by atoms with Crippen molar-refractivity contribution < 1.29 is 14.1 Å². The van der Waals surface area contributed by atoms with Gasteiger partial charge in [0.25, 0.3) is 0 Å². The van der Waals surface area contributed by atoms with Crippen LogP contribution in [0.1, 0.15) is 31.2 Å². The third kappa shape index (κ3) is 3.81. The number of aromatic nitrogens is 3. The van der Waals surface area contributed by atoms with Gasteiger partial charge in [-0.1, -0.05) is 41.6 Å². The van der Waals surface area contributed by atoms with Gasteiger partial charge in [-0.2, -0.15) is 4.98 Å². The van der Waals surface area contributed by atoms with Gasteiger partial charge in [0.05, 0.1) is 5.41 Å². The lowest BCUT2D eigenvalue weighted by Crippen LogP contribution is -2.44. The van der Waals surface area contributed by atoms with E-state index in [0.29, 0.717) is 49.3 Å². The number of benzene rings is 1. The molecule has 1 aliphatic rings. The van der Waals surface area contributed by atoms with E-state index >= 15 is 0 Å². The lowest BCUT2D eigenvalue weighted by molar-refractivity contribution is -0.123. The Kier molecular flexibility index (Phi) is 4.58. The second-order valence-corrected chi connectivity index (χ2v) is 6.90. The number of amides is 1. The van der Waals surface area contributed by atoms with E-state index in [1.165, 1.54) is 0 Å². The fourth-order valence-electron chi connectivity index (χ4n) is 2.97. The summed E-state index contributed by atoms with van der Waals surface area (Å²) in [7, 11) is 0. The van der Waals surface area contributed by atoms with Gasteiger partial charge in [0, 0.05) is 19.0 Å². The van der Waals surface area contributed by atoms with Gasteiger partial charge >= 0.3 is 0 Å². The average molecular weight is 364 g/mol. The van der Waals surface area contributed by atoms with Crippen LogP contribution in [0.4, 0.5) is 0 Å². The number of hydrogen-bond donors (Lipinski definition) is 1. The number of piperidine rings is 1. The van der Waals surface area contributed by atoms with Gasteiger partial charge in [-0.05, 0) is 25.0 Å². The molecule has 27 heavy (non-hydrogen) atoms. The molecule has 0 radical (unpaired) electrons. The Morgan fingerprint density at radius 2 is 2.00 bits per heavy atom. The van der Waals surface area contributed by atoms with E-state index in [1.807, 2.05) is 49.4 Å². The number of carbonyl (C=O) groups excluding carboxylic acids is 1. The van der Waals surface area contributed by atoms with Gasteiger partial charge in [0.15, 0.2) is 0 Å². The quantitative estimate of drug-likeness (QED) is 0.749. The molecule has 2 aromatic heterocycles. The van der Waals surface area contributed by atoms with Crippen LogP contribution in [0.25, 0.3) is 11.5 Å². The predicted octanol–water partition coefficient (Wildman–Crippen LogP) is 2.88. The van der Waals surface area contributed by atoms with Crippen LogP contribution in [0.3, 0.4) is 0 Å². The Balaban J connectivity index is 1.49. The minimum Gasteiger partial charge on any atom is -0.473 e. The molecule has 1 fully saturated rings. The van der Waals surface area contributed by atoms with Crippen LogP contribution in [-0.4, -0.2) is 27.6 Å². The van der Waals surface area contributed by atoms with Crippen molar-refractivity contribution in [2.24, 2.45) is 0 Å². The maximum absolute atomic E-state index is 11.4. The van der Waals surface area contributed by atoms with Gasteiger partial charge < -0.3 is 14.6 Å².